The van der Waals surface area contributed by atoms with Crippen LogP contribution in [0.3, 0.4) is 0 Å². The lowest BCUT2D eigenvalue weighted by atomic mass is 10.1. The lowest BCUT2D eigenvalue weighted by molar-refractivity contribution is 0.0927. The predicted molar refractivity (Wildman–Crippen MR) is 112 cm³/mol. The molecule has 4 rings (SSSR count). The van der Waals surface area contributed by atoms with Gasteiger partial charge in [-0.3, -0.25) is 4.79 Å². The number of carbonyl (C=O) groups is 1. The van der Waals surface area contributed by atoms with E-state index in [-0.39, 0.29) is 12.4 Å². The zero-order valence-electron chi connectivity index (χ0n) is 16.1. The Kier molecular flexibility index (Phi) is 5.22. The van der Waals surface area contributed by atoms with E-state index < -0.39 is 11.9 Å². The van der Waals surface area contributed by atoms with Crippen LogP contribution < -0.4 is 15.0 Å². The molecule has 0 fully saturated rings. The number of ether oxygens (including phenoxy) is 1. The molecular formula is C20H20N6O2S. The second-order valence-electron chi connectivity index (χ2n) is 6.81. The first kappa shape index (κ1) is 19.0. The number of benzene rings is 1. The first-order valence-corrected chi connectivity index (χ1v) is 9.53. The van der Waals surface area contributed by atoms with E-state index in [4.69, 9.17) is 17.0 Å². The third-order valence-corrected chi connectivity index (χ3v) is 5.17. The minimum atomic E-state index is -0.499. The molecule has 3 aromatic rings. The lowest BCUT2D eigenvalue weighted by Crippen LogP contribution is -2.48. The molecule has 8 nitrogen and oxygen atoms in total. The van der Waals surface area contributed by atoms with Crippen LogP contribution >= 0.6 is 12.2 Å². The number of thiocarbonyl (C=S) groups is 1. The van der Waals surface area contributed by atoms with Crippen LogP contribution in [0.15, 0.2) is 48.9 Å². The second kappa shape index (κ2) is 7.96. The first-order valence-electron chi connectivity index (χ1n) is 9.12. The van der Waals surface area contributed by atoms with Crippen LogP contribution in [0, 0.1) is 6.92 Å². The minimum absolute atomic E-state index is 0.0856. The van der Waals surface area contributed by atoms with Crippen molar-refractivity contribution in [2.45, 2.75) is 19.5 Å². The Morgan fingerprint density at radius 1 is 1.28 bits per heavy atom. The van der Waals surface area contributed by atoms with E-state index in [1.807, 2.05) is 37.3 Å². The summed E-state index contributed by atoms with van der Waals surface area (Å²) in [6.07, 6.45) is 3.22. The number of aryl methyl sites for hydroxylation is 1. The van der Waals surface area contributed by atoms with Crippen molar-refractivity contribution < 1.29 is 9.53 Å². The number of amides is 1. The highest BCUT2D eigenvalue weighted by atomic mass is 32.1. The van der Waals surface area contributed by atoms with Gasteiger partial charge in [0.2, 0.25) is 5.82 Å². The van der Waals surface area contributed by atoms with Crippen LogP contribution in [0.4, 0.5) is 5.82 Å². The summed E-state index contributed by atoms with van der Waals surface area (Å²) < 4.78 is 7.41. The van der Waals surface area contributed by atoms with Gasteiger partial charge in [0.25, 0.3) is 5.91 Å². The summed E-state index contributed by atoms with van der Waals surface area (Å²) in [6, 6.07) is 11.2. The number of nitrogens with one attached hydrogen (secondary N) is 1. The summed E-state index contributed by atoms with van der Waals surface area (Å²) >= 11 is 5.53. The molecule has 1 aliphatic heterocycles. The number of likely N-dealkylation sites (N-methyl/N-ethyl adjacent to an activating group) is 1. The van der Waals surface area contributed by atoms with Gasteiger partial charge >= 0.3 is 0 Å². The van der Waals surface area contributed by atoms with Crippen molar-refractivity contribution in [2.75, 3.05) is 18.6 Å². The summed E-state index contributed by atoms with van der Waals surface area (Å²) in [5.41, 5.74) is 2.27. The molecule has 1 amide bonds. The summed E-state index contributed by atoms with van der Waals surface area (Å²) in [6.45, 7) is 2.78. The average Bonchev–Trinajstić information content (AvgIpc) is 3.16. The Labute approximate surface area is 173 Å². The molecule has 1 atom stereocenters. The average molecular weight is 408 g/mol. The normalized spacial score (nSPS) is 16.0. The van der Waals surface area contributed by atoms with E-state index >= 15 is 0 Å². The zero-order chi connectivity index (χ0) is 20.4. The predicted octanol–water partition coefficient (Wildman–Crippen LogP) is 1.98. The quantitative estimate of drug-likeness (QED) is 0.661. The topological polar surface area (TPSA) is 85.2 Å². The summed E-state index contributed by atoms with van der Waals surface area (Å²) in [5, 5.41) is 7.15. The molecule has 1 N–H and O–H groups in total. The fourth-order valence-electron chi connectivity index (χ4n) is 3.01. The molecule has 0 saturated carbocycles. The monoisotopic (exact) mass is 408 g/mol. The van der Waals surface area contributed by atoms with Crippen LogP contribution in [0.2, 0.25) is 0 Å². The SMILES string of the molecule is Cc1ccc(Cn2cnc(C(=O)NC3COc4cccnc4N(C)C3=S)n2)cc1. The maximum atomic E-state index is 12.7. The summed E-state index contributed by atoms with van der Waals surface area (Å²) in [4.78, 5) is 23.3. The van der Waals surface area contributed by atoms with Crippen LogP contribution in [0.1, 0.15) is 21.7 Å². The van der Waals surface area contributed by atoms with Crippen molar-refractivity contribution in [3.05, 3.63) is 65.9 Å². The highest BCUT2D eigenvalue weighted by Crippen LogP contribution is 2.27. The van der Waals surface area contributed by atoms with Crippen LogP contribution in [0.25, 0.3) is 0 Å². The summed E-state index contributed by atoms with van der Waals surface area (Å²) in [7, 11) is 1.80. The molecule has 9 heteroatoms. The first-order chi connectivity index (χ1) is 14.0. The number of rotatable bonds is 4. The summed E-state index contributed by atoms with van der Waals surface area (Å²) in [5.74, 6) is 0.919. The van der Waals surface area contributed by atoms with Gasteiger partial charge in [-0.1, -0.05) is 42.0 Å². The van der Waals surface area contributed by atoms with Gasteiger partial charge in [-0.25, -0.2) is 14.6 Å². The minimum Gasteiger partial charge on any atom is -0.487 e. The molecule has 148 valence electrons. The Morgan fingerprint density at radius 3 is 2.86 bits per heavy atom. The van der Waals surface area contributed by atoms with E-state index in [1.165, 1.54) is 5.56 Å². The van der Waals surface area contributed by atoms with Gasteiger partial charge in [0.1, 0.15) is 24.0 Å². The van der Waals surface area contributed by atoms with Gasteiger partial charge < -0.3 is 15.0 Å². The molecule has 0 spiro atoms. The number of fused-ring (bicyclic) bond motifs is 1. The van der Waals surface area contributed by atoms with Crippen molar-refractivity contribution >= 4 is 28.9 Å². The maximum Gasteiger partial charge on any atom is 0.291 e. The molecule has 3 heterocycles. The van der Waals surface area contributed by atoms with Crippen molar-refractivity contribution in [1.29, 1.82) is 0 Å². The van der Waals surface area contributed by atoms with Gasteiger partial charge in [-0.15, -0.1) is 5.10 Å². The van der Waals surface area contributed by atoms with Gasteiger partial charge in [0, 0.05) is 13.2 Å². The van der Waals surface area contributed by atoms with Crippen molar-refractivity contribution in [1.82, 2.24) is 25.1 Å². The van der Waals surface area contributed by atoms with E-state index in [1.54, 1.807) is 35.2 Å². The molecule has 0 saturated heterocycles. The number of aromatic nitrogens is 4. The van der Waals surface area contributed by atoms with Crippen LogP contribution in [-0.4, -0.2) is 50.3 Å². The number of hydrogen-bond donors (Lipinski definition) is 1. The maximum absolute atomic E-state index is 12.7. The molecular weight excluding hydrogens is 388 g/mol. The second-order valence-corrected chi connectivity index (χ2v) is 7.23. The van der Waals surface area contributed by atoms with Crippen molar-refractivity contribution in [3.63, 3.8) is 0 Å². The fraction of sp³-hybridized carbons (Fsp3) is 0.250. The van der Waals surface area contributed by atoms with Crippen molar-refractivity contribution in [3.8, 4) is 5.75 Å². The largest absolute Gasteiger partial charge is 0.487 e. The van der Waals surface area contributed by atoms with E-state index in [2.05, 4.69) is 20.4 Å². The number of pyridine rings is 1. The molecule has 0 bridgehead atoms. The standard InChI is InChI=1S/C20H20N6O2S/c1-13-5-7-14(8-6-13)10-26-12-22-17(24-26)19(27)23-15-11-28-16-4-3-9-21-18(16)25(2)20(15)29/h3-9,12,15H,10-11H2,1-2H3,(H,23,27). The highest BCUT2D eigenvalue weighted by Gasteiger charge is 2.29. The number of hydrogen-bond acceptors (Lipinski definition) is 6. The number of nitrogens with zero attached hydrogens (tertiary/aromatic N) is 5. The zero-order valence-corrected chi connectivity index (χ0v) is 16.9. The molecule has 29 heavy (non-hydrogen) atoms. The molecule has 1 aromatic carbocycles. The van der Waals surface area contributed by atoms with Crippen molar-refractivity contribution in [2.24, 2.45) is 0 Å². The number of anilines is 1. The highest BCUT2D eigenvalue weighted by molar-refractivity contribution is 7.80. The van der Waals surface area contributed by atoms with E-state index in [0.717, 1.165) is 5.56 Å². The molecule has 0 aliphatic carbocycles. The fourth-order valence-corrected chi connectivity index (χ4v) is 3.22. The van der Waals surface area contributed by atoms with Crippen LogP contribution in [0.5, 0.6) is 5.75 Å². The lowest BCUT2D eigenvalue weighted by Gasteiger charge is -2.22. The van der Waals surface area contributed by atoms with E-state index in [9.17, 15) is 4.79 Å². The Hall–Kier alpha value is -3.33. The van der Waals surface area contributed by atoms with E-state index in [0.29, 0.717) is 23.1 Å². The van der Waals surface area contributed by atoms with Gasteiger partial charge in [0.15, 0.2) is 11.6 Å². The smallest absolute Gasteiger partial charge is 0.291 e. The Bertz CT molecular complexity index is 1050. The third kappa shape index (κ3) is 4.09. The molecule has 0 radical (unpaired) electrons. The van der Waals surface area contributed by atoms with Gasteiger partial charge in [0.05, 0.1) is 6.54 Å². The third-order valence-electron chi connectivity index (χ3n) is 4.61. The van der Waals surface area contributed by atoms with Gasteiger partial charge in [-0.05, 0) is 24.6 Å². The Balaban J connectivity index is 1.44. The molecule has 1 aliphatic rings. The van der Waals surface area contributed by atoms with Gasteiger partial charge in [-0.2, -0.15) is 0 Å². The molecule has 1 unspecified atom stereocenters. The number of carbonyl (C=O) groups excluding carboxylic acids is 1. The molecule has 2 aromatic heterocycles. The van der Waals surface area contributed by atoms with Crippen LogP contribution in [-0.2, 0) is 6.54 Å². The Morgan fingerprint density at radius 2 is 2.07 bits per heavy atom.